The summed E-state index contributed by atoms with van der Waals surface area (Å²) < 4.78 is 28.0. The molecule has 1 fully saturated rings. The van der Waals surface area contributed by atoms with Crippen LogP contribution < -0.4 is 10.0 Å². The zero-order valence-corrected chi connectivity index (χ0v) is 20.3. The van der Waals surface area contributed by atoms with E-state index in [1.807, 2.05) is 31.5 Å². The van der Waals surface area contributed by atoms with Gasteiger partial charge in [-0.1, -0.05) is 49.1 Å². The average molecular weight is 485 g/mol. The summed E-state index contributed by atoms with van der Waals surface area (Å²) in [5.41, 5.74) is 3.76. The van der Waals surface area contributed by atoms with E-state index in [1.54, 1.807) is 24.3 Å². The van der Waals surface area contributed by atoms with Crippen LogP contribution in [0.15, 0.2) is 59.8 Å². The van der Waals surface area contributed by atoms with Crippen LogP contribution in [0.2, 0.25) is 5.02 Å². The number of anilines is 2. The number of aromatic nitrogens is 2. The van der Waals surface area contributed by atoms with Crippen LogP contribution in [0.25, 0.3) is 0 Å². The van der Waals surface area contributed by atoms with Crippen molar-refractivity contribution in [1.82, 2.24) is 9.97 Å². The molecule has 0 radical (unpaired) electrons. The van der Waals surface area contributed by atoms with Crippen LogP contribution in [0.4, 0.5) is 11.6 Å². The smallest absolute Gasteiger partial charge is 0.263 e. The third-order valence-corrected chi connectivity index (χ3v) is 7.93. The van der Waals surface area contributed by atoms with Crippen molar-refractivity contribution in [2.24, 2.45) is 0 Å². The predicted octanol–water partition coefficient (Wildman–Crippen LogP) is 5.77. The van der Waals surface area contributed by atoms with E-state index < -0.39 is 10.0 Å². The Bertz CT molecular complexity index is 1190. The summed E-state index contributed by atoms with van der Waals surface area (Å²) in [4.78, 5) is 9.04. The van der Waals surface area contributed by atoms with Crippen molar-refractivity contribution in [2.45, 2.75) is 62.8 Å². The number of halogens is 1. The molecule has 2 aromatic carbocycles. The molecular formula is C25H29ClN4O2S. The lowest BCUT2D eigenvalue weighted by Crippen LogP contribution is -2.23. The Balaban J connectivity index is 1.35. The first-order chi connectivity index (χ1) is 15.9. The fraction of sp³-hybridized carbons (Fsp3) is 0.360. The second-order valence-corrected chi connectivity index (χ2v) is 10.6. The van der Waals surface area contributed by atoms with Gasteiger partial charge in [0.05, 0.1) is 5.02 Å². The third-order valence-electron chi connectivity index (χ3n) is 6.05. The normalized spacial score (nSPS) is 14.7. The zero-order chi connectivity index (χ0) is 23.3. The van der Waals surface area contributed by atoms with Crippen LogP contribution in [-0.2, 0) is 22.9 Å². The number of sulfonamides is 1. The molecule has 0 saturated heterocycles. The van der Waals surface area contributed by atoms with Crippen molar-refractivity contribution in [1.29, 1.82) is 0 Å². The second-order valence-electron chi connectivity index (χ2n) is 8.57. The summed E-state index contributed by atoms with van der Waals surface area (Å²) in [6, 6.07) is 12.5. The molecule has 1 aliphatic carbocycles. The van der Waals surface area contributed by atoms with Gasteiger partial charge in [0.25, 0.3) is 10.0 Å². The summed E-state index contributed by atoms with van der Waals surface area (Å²) in [7, 11) is -3.75. The van der Waals surface area contributed by atoms with Gasteiger partial charge in [0, 0.05) is 24.1 Å². The van der Waals surface area contributed by atoms with Crippen molar-refractivity contribution < 1.29 is 8.42 Å². The average Bonchev–Trinajstić information content (AvgIpc) is 2.80. The van der Waals surface area contributed by atoms with Gasteiger partial charge in [-0.2, -0.15) is 0 Å². The van der Waals surface area contributed by atoms with Gasteiger partial charge in [-0.3, -0.25) is 4.72 Å². The monoisotopic (exact) mass is 484 g/mol. The molecule has 0 amide bonds. The van der Waals surface area contributed by atoms with Gasteiger partial charge in [0.15, 0.2) is 0 Å². The number of nitrogens with one attached hydrogen (secondary N) is 2. The molecule has 2 N–H and O–H groups in total. The Morgan fingerprint density at radius 2 is 1.73 bits per heavy atom. The van der Waals surface area contributed by atoms with Crippen LogP contribution in [0.5, 0.6) is 0 Å². The Labute approximate surface area is 200 Å². The highest BCUT2D eigenvalue weighted by Gasteiger charge is 2.18. The molecule has 0 unspecified atom stereocenters. The van der Waals surface area contributed by atoms with Gasteiger partial charge in [-0.05, 0) is 73.6 Å². The topological polar surface area (TPSA) is 84.0 Å². The second kappa shape index (κ2) is 10.5. The minimum atomic E-state index is -3.75. The predicted molar refractivity (Wildman–Crippen MR) is 133 cm³/mol. The Morgan fingerprint density at radius 3 is 2.42 bits per heavy atom. The maximum atomic E-state index is 12.7. The molecule has 6 nitrogen and oxygen atoms in total. The lowest BCUT2D eigenvalue weighted by Gasteiger charge is -2.22. The lowest BCUT2D eigenvalue weighted by molar-refractivity contribution is 0.461. The molecule has 174 valence electrons. The number of benzene rings is 2. The van der Waals surface area contributed by atoms with Crippen molar-refractivity contribution >= 4 is 33.3 Å². The van der Waals surface area contributed by atoms with Crippen LogP contribution in [0.1, 0.15) is 48.8 Å². The maximum absolute atomic E-state index is 12.7. The Morgan fingerprint density at radius 1 is 1.00 bits per heavy atom. The van der Waals surface area contributed by atoms with E-state index in [2.05, 4.69) is 20.0 Å². The van der Waals surface area contributed by atoms with Crippen molar-refractivity contribution in [2.75, 3.05) is 10.0 Å². The highest BCUT2D eigenvalue weighted by atomic mass is 35.5. The van der Waals surface area contributed by atoms with E-state index in [-0.39, 0.29) is 9.92 Å². The number of hydrogen-bond acceptors (Lipinski definition) is 5. The van der Waals surface area contributed by atoms with E-state index in [0.29, 0.717) is 17.7 Å². The quantitative estimate of drug-likeness (QED) is 0.424. The molecule has 1 aliphatic rings. The van der Waals surface area contributed by atoms with Gasteiger partial charge in [-0.25, -0.2) is 18.4 Å². The largest absolute Gasteiger partial charge is 0.351 e. The first-order valence-electron chi connectivity index (χ1n) is 11.3. The number of nitrogens with zero attached hydrogens (tertiary/aromatic N) is 2. The van der Waals surface area contributed by atoms with Crippen LogP contribution in [0.3, 0.4) is 0 Å². The summed E-state index contributed by atoms with van der Waals surface area (Å²) in [5.74, 6) is 0.706. The molecule has 33 heavy (non-hydrogen) atoms. The molecule has 0 atom stereocenters. The van der Waals surface area contributed by atoms with Crippen molar-refractivity contribution in [3.8, 4) is 0 Å². The molecule has 1 saturated carbocycles. The number of aryl methyl sites for hydroxylation is 3. The Kier molecular flexibility index (Phi) is 7.50. The van der Waals surface area contributed by atoms with E-state index in [1.165, 1.54) is 38.2 Å². The number of rotatable bonds is 8. The van der Waals surface area contributed by atoms with Gasteiger partial charge >= 0.3 is 0 Å². The van der Waals surface area contributed by atoms with Gasteiger partial charge < -0.3 is 5.32 Å². The van der Waals surface area contributed by atoms with Crippen LogP contribution >= 0.6 is 11.6 Å². The minimum absolute atomic E-state index is 0.0646. The van der Waals surface area contributed by atoms with Gasteiger partial charge in [0.2, 0.25) is 5.95 Å². The summed E-state index contributed by atoms with van der Waals surface area (Å²) in [5, 5.41) is 3.64. The van der Waals surface area contributed by atoms with Crippen LogP contribution in [0, 0.1) is 6.92 Å². The summed E-state index contributed by atoms with van der Waals surface area (Å²) >= 11 is 6.06. The standard InChI is InChI=1S/C25H29ClN4O2S/c1-18-15-22(30-33(31,32)24-10-6-5-9-23(24)26)14-13-20(18)12-11-19-16-27-25(28-17-19)29-21-7-3-2-4-8-21/h5-6,9-10,13-17,21,30H,2-4,7-8,11-12H2,1H3,(H,27,28,29). The molecule has 1 aromatic heterocycles. The SMILES string of the molecule is Cc1cc(NS(=O)(=O)c2ccccc2Cl)ccc1CCc1cnc(NC2CCCCC2)nc1. The molecule has 0 spiro atoms. The fourth-order valence-electron chi connectivity index (χ4n) is 4.18. The lowest BCUT2D eigenvalue weighted by atomic mass is 9.96. The molecule has 1 heterocycles. The summed E-state index contributed by atoms with van der Waals surface area (Å²) in [6.07, 6.45) is 11.7. The van der Waals surface area contributed by atoms with Gasteiger partial charge in [0.1, 0.15) is 4.90 Å². The molecule has 4 rings (SSSR count). The fourth-order valence-corrected chi connectivity index (χ4v) is 5.75. The Hall–Kier alpha value is -2.64. The van der Waals surface area contributed by atoms with E-state index in [9.17, 15) is 8.42 Å². The molecule has 3 aromatic rings. The first-order valence-corrected chi connectivity index (χ1v) is 13.2. The molecule has 0 bridgehead atoms. The van der Waals surface area contributed by atoms with Crippen molar-refractivity contribution in [3.63, 3.8) is 0 Å². The minimum Gasteiger partial charge on any atom is -0.351 e. The van der Waals surface area contributed by atoms with E-state index >= 15 is 0 Å². The zero-order valence-electron chi connectivity index (χ0n) is 18.7. The third kappa shape index (κ3) is 6.24. The highest BCUT2D eigenvalue weighted by Crippen LogP contribution is 2.25. The first kappa shape index (κ1) is 23.5. The van der Waals surface area contributed by atoms with Crippen LogP contribution in [-0.4, -0.2) is 24.4 Å². The number of hydrogen-bond donors (Lipinski definition) is 2. The van der Waals surface area contributed by atoms with E-state index in [0.717, 1.165) is 29.5 Å². The van der Waals surface area contributed by atoms with Crippen molar-refractivity contribution in [3.05, 3.63) is 76.6 Å². The molecule has 8 heteroatoms. The highest BCUT2D eigenvalue weighted by molar-refractivity contribution is 7.92. The van der Waals surface area contributed by atoms with Gasteiger partial charge in [-0.15, -0.1) is 0 Å². The maximum Gasteiger partial charge on any atom is 0.263 e. The summed E-state index contributed by atoms with van der Waals surface area (Å²) in [6.45, 7) is 1.98. The van der Waals surface area contributed by atoms with E-state index in [4.69, 9.17) is 11.6 Å². The molecular weight excluding hydrogens is 456 g/mol. The molecule has 0 aliphatic heterocycles.